The molecule has 5 heteroatoms. The van der Waals surface area contributed by atoms with E-state index < -0.39 is 11.0 Å². The average molecular weight is 251 g/mol. The fourth-order valence-electron chi connectivity index (χ4n) is 1.22. The van der Waals surface area contributed by atoms with Crippen molar-refractivity contribution in [1.82, 2.24) is 4.98 Å². The maximum atomic E-state index is 12.3. The molecule has 18 heavy (non-hydrogen) atoms. The van der Waals surface area contributed by atoms with Gasteiger partial charge < -0.3 is 15.8 Å². The van der Waals surface area contributed by atoms with Gasteiger partial charge in [-0.3, -0.25) is 4.79 Å². The normalized spacial score (nSPS) is 12.1. The van der Waals surface area contributed by atoms with Crippen LogP contribution in [0.5, 0.6) is 5.88 Å². The SMILES string of the molecule is COc1ncccc1NC(=O)C(C)(C)C(C)(C)N. The zero-order valence-corrected chi connectivity index (χ0v) is 11.6. The van der Waals surface area contributed by atoms with Crippen LogP contribution in [-0.4, -0.2) is 23.5 Å². The van der Waals surface area contributed by atoms with Crippen LogP contribution in [0.4, 0.5) is 5.69 Å². The summed E-state index contributed by atoms with van der Waals surface area (Å²) in [6.07, 6.45) is 1.60. The lowest BCUT2D eigenvalue weighted by atomic mass is 9.74. The Bertz CT molecular complexity index is 436. The van der Waals surface area contributed by atoms with E-state index in [1.54, 1.807) is 18.3 Å². The summed E-state index contributed by atoms with van der Waals surface area (Å²) < 4.78 is 5.09. The number of nitrogens with two attached hydrogens (primary N) is 1. The van der Waals surface area contributed by atoms with E-state index in [0.29, 0.717) is 11.6 Å². The van der Waals surface area contributed by atoms with Crippen molar-refractivity contribution in [2.45, 2.75) is 33.2 Å². The third kappa shape index (κ3) is 2.79. The maximum absolute atomic E-state index is 12.3. The minimum atomic E-state index is -0.714. The summed E-state index contributed by atoms with van der Waals surface area (Å²) in [5.41, 5.74) is 5.23. The maximum Gasteiger partial charge on any atom is 0.237 e. The van der Waals surface area contributed by atoms with E-state index in [4.69, 9.17) is 10.5 Å². The second-order valence-corrected chi connectivity index (χ2v) is 5.36. The number of hydrogen-bond donors (Lipinski definition) is 2. The van der Waals surface area contributed by atoms with Crippen LogP contribution < -0.4 is 15.8 Å². The largest absolute Gasteiger partial charge is 0.480 e. The lowest BCUT2D eigenvalue weighted by Crippen LogP contribution is -2.53. The lowest BCUT2D eigenvalue weighted by Gasteiger charge is -2.36. The molecule has 0 bridgehead atoms. The predicted molar refractivity (Wildman–Crippen MR) is 71.5 cm³/mol. The highest BCUT2D eigenvalue weighted by atomic mass is 16.5. The van der Waals surface area contributed by atoms with Crippen LogP contribution in [0.2, 0.25) is 0 Å². The molecule has 0 unspecified atom stereocenters. The summed E-state index contributed by atoms with van der Waals surface area (Å²) in [6, 6.07) is 3.47. The molecule has 0 aromatic carbocycles. The van der Waals surface area contributed by atoms with Gasteiger partial charge in [0.05, 0.1) is 12.5 Å². The molecule has 0 aliphatic carbocycles. The molecule has 0 atom stereocenters. The number of nitrogens with one attached hydrogen (secondary N) is 1. The standard InChI is InChI=1S/C13H21N3O2/c1-12(2,13(3,4)14)11(17)16-9-7-6-8-15-10(9)18-5/h6-8H,14H2,1-5H3,(H,16,17). The smallest absolute Gasteiger partial charge is 0.237 e. The van der Waals surface area contributed by atoms with Crippen LogP contribution in [0, 0.1) is 5.41 Å². The van der Waals surface area contributed by atoms with E-state index in [1.165, 1.54) is 7.11 Å². The zero-order valence-electron chi connectivity index (χ0n) is 11.6. The first-order chi connectivity index (χ1) is 8.20. The van der Waals surface area contributed by atoms with Crippen molar-refractivity contribution in [2.24, 2.45) is 11.1 Å². The van der Waals surface area contributed by atoms with Gasteiger partial charge in [-0.25, -0.2) is 4.98 Å². The molecular weight excluding hydrogens is 230 g/mol. The minimum Gasteiger partial charge on any atom is -0.480 e. The van der Waals surface area contributed by atoms with Crippen LogP contribution in [0.1, 0.15) is 27.7 Å². The number of nitrogens with zero attached hydrogens (tertiary/aromatic N) is 1. The van der Waals surface area contributed by atoms with Gasteiger partial charge in [0.25, 0.3) is 0 Å². The molecule has 0 fully saturated rings. The van der Waals surface area contributed by atoms with Gasteiger partial charge in [-0.1, -0.05) is 0 Å². The first kappa shape index (κ1) is 14.4. The number of rotatable bonds is 4. The first-order valence-electron chi connectivity index (χ1n) is 5.79. The van der Waals surface area contributed by atoms with Crippen molar-refractivity contribution in [1.29, 1.82) is 0 Å². The molecule has 0 aliphatic rings. The number of amides is 1. The van der Waals surface area contributed by atoms with Gasteiger partial charge in [-0.15, -0.1) is 0 Å². The predicted octanol–water partition coefficient (Wildman–Crippen LogP) is 1.79. The Hall–Kier alpha value is -1.62. The number of hydrogen-bond acceptors (Lipinski definition) is 4. The summed E-state index contributed by atoms with van der Waals surface area (Å²) in [5.74, 6) is 0.220. The molecule has 0 saturated carbocycles. The Morgan fingerprint density at radius 1 is 1.39 bits per heavy atom. The molecule has 1 aromatic rings. The second-order valence-electron chi connectivity index (χ2n) is 5.36. The molecule has 1 amide bonds. The third-order valence-electron chi connectivity index (χ3n) is 3.39. The van der Waals surface area contributed by atoms with Crippen molar-refractivity contribution in [2.75, 3.05) is 12.4 Å². The Kier molecular flexibility index (Phi) is 3.96. The van der Waals surface area contributed by atoms with Gasteiger partial charge in [0, 0.05) is 11.7 Å². The number of carbonyl (C=O) groups is 1. The average Bonchev–Trinajstić information content (AvgIpc) is 2.28. The quantitative estimate of drug-likeness (QED) is 0.855. The van der Waals surface area contributed by atoms with Crippen LogP contribution in [-0.2, 0) is 4.79 Å². The molecule has 3 N–H and O–H groups in total. The van der Waals surface area contributed by atoms with Gasteiger partial charge in [0.1, 0.15) is 5.69 Å². The minimum absolute atomic E-state index is 0.165. The fourth-order valence-corrected chi connectivity index (χ4v) is 1.22. The first-order valence-corrected chi connectivity index (χ1v) is 5.79. The molecule has 100 valence electrons. The van der Waals surface area contributed by atoms with Crippen LogP contribution in [0.15, 0.2) is 18.3 Å². The molecule has 0 spiro atoms. The van der Waals surface area contributed by atoms with Crippen molar-refractivity contribution in [3.8, 4) is 5.88 Å². The molecule has 1 aromatic heterocycles. The molecule has 1 rings (SSSR count). The van der Waals surface area contributed by atoms with E-state index in [9.17, 15) is 4.79 Å². The Morgan fingerprint density at radius 2 is 2.00 bits per heavy atom. The highest BCUT2D eigenvalue weighted by Gasteiger charge is 2.40. The van der Waals surface area contributed by atoms with Gasteiger partial charge in [0.2, 0.25) is 11.8 Å². The Morgan fingerprint density at radius 3 is 2.50 bits per heavy atom. The summed E-state index contributed by atoms with van der Waals surface area (Å²) in [7, 11) is 1.51. The van der Waals surface area contributed by atoms with Crippen LogP contribution in [0.25, 0.3) is 0 Å². The van der Waals surface area contributed by atoms with Crippen molar-refractivity contribution >= 4 is 11.6 Å². The summed E-state index contributed by atoms with van der Waals surface area (Å²) in [4.78, 5) is 16.3. The Labute approximate surface area is 108 Å². The lowest BCUT2D eigenvalue weighted by molar-refractivity contribution is -0.126. The number of anilines is 1. The Balaban J connectivity index is 2.95. The number of ether oxygens (including phenoxy) is 1. The number of carbonyl (C=O) groups excluding carboxylic acids is 1. The molecule has 0 saturated heterocycles. The monoisotopic (exact) mass is 251 g/mol. The van der Waals surface area contributed by atoms with Gasteiger partial charge in [0.15, 0.2) is 0 Å². The second kappa shape index (κ2) is 4.94. The van der Waals surface area contributed by atoms with E-state index >= 15 is 0 Å². The fraction of sp³-hybridized carbons (Fsp3) is 0.538. The molecule has 0 aliphatic heterocycles. The van der Waals surface area contributed by atoms with E-state index in [-0.39, 0.29) is 5.91 Å². The van der Waals surface area contributed by atoms with Crippen LogP contribution in [0.3, 0.4) is 0 Å². The summed E-state index contributed by atoms with van der Waals surface area (Å²) in [5, 5.41) is 2.80. The van der Waals surface area contributed by atoms with Crippen LogP contribution >= 0.6 is 0 Å². The van der Waals surface area contributed by atoms with E-state index in [1.807, 2.05) is 27.7 Å². The molecule has 5 nitrogen and oxygen atoms in total. The number of methoxy groups -OCH3 is 1. The summed E-state index contributed by atoms with van der Waals surface area (Å²) in [6.45, 7) is 7.27. The molecule has 1 heterocycles. The summed E-state index contributed by atoms with van der Waals surface area (Å²) >= 11 is 0. The molecule has 0 radical (unpaired) electrons. The van der Waals surface area contributed by atoms with Crippen molar-refractivity contribution < 1.29 is 9.53 Å². The number of pyridine rings is 1. The van der Waals surface area contributed by atoms with Gasteiger partial charge in [-0.05, 0) is 39.8 Å². The third-order valence-corrected chi connectivity index (χ3v) is 3.39. The van der Waals surface area contributed by atoms with Crippen molar-refractivity contribution in [3.63, 3.8) is 0 Å². The topological polar surface area (TPSA) is 77.2 Å². The number of aromatic nitrogens is 1. The van der Waals surface area contributed by atoms with E-state index in [2.05, 4.69) is 10.3 Å². The highest BCUT2D eigenvalue weighted by molar-refractivity contribution is 5.96. The van der Waals surface area contributed by atoms with Crippen molar-refractivity contribution in [3.05, 3.63) is 18.3 Å². The van der Waals surface area contributed by atoms with E-state index in [0.717, 1.165) is 0 Å². The molecular formula is C13H21N3O2. The zero-order chi connectivity index (χ0) is 14.0. The van der Waals surface area contributed by atoms with Gasteiger partial charge in [-0.2, -0.15) is 0 Å². The highest BCUT2D eigenvalue weighted by Crippen LogP contribution is 2.31. The van der Waals surface area contributed by atoms with Gasteiger partial charge >= 0.3 is 0 Å².